The van der Waals surface area contributed by atoms with Crippen molar-refractivity contribution in [1.82, 2.24) is 19.3 Å². The maximum Gasteiger partial charge on any atom is 0.410 e. The van der Waals surface area contributed by atoms with Crippen LogP contribution < -0.4 is 5.32 Å². The molecule has 4 rings (SSSR count). The summed E-state index contributed by atoms with van der Waals surface area (Å²) in [4.78, 5) is 23.6. The van der Waals surface area contributed by atoms with E-state index < -0.39 is 28.3 Å². The van der Waals surface area contributed by atoms with Gasteiger partial charge in [-0.3, -0.25) is 10.1 Å². The first-order chi connectivity index (χ1) is 15.2. The van der Waals surface area contributed by atoms with Crippen LogP contribution in [-0.2, 0) is 28.1 Å². The van der Waals surface area contributed by atoms with Gasteiger partial charge in [-0.2, -0.15) is 0 Å². The Hall–Kier alpha value is -3.73. The molecule has 10 nitrogen and oxygen atoms in total. The van der Waals surface area contributed by atoms with Gasteiger partial charge < -0.3 is 5.11 Å². The Morgan fingerprint density at radius 2 is 1.56 bits per heavy atom. The minimum Gasteiger partial charge on any atom is -0.465 e. The van der Waals surface area contributed by atoms with Crippen LogP contribution in [0.2, 0.25) is 0 Å². The van der Waals surface area contributed by atoms with E-state index in [4.69, 9.17) is 5.11 Å². The number of aryl methyl sites for hydroxylation is 1. The molecule has 2 aromatic carbocycles. The van der Waals surface area contributed by atoms with Gasteiger partial charge in [0.05, 0.1) is 5.41 Å². The predicted molar refractivity (Wildman–Crippen MR) is 118 cm³/mol. The number of anilines is 1. The van der Waals surface area contributed by atoms with Gasteiger partial charge in [0.2, 0.25) is 16.8 Å². The van der Waals surface area contributed by atoms with Crippen LogP contribution >= 0.6 is 0 Å². The Labute approximate surface area is 185 Å². The average molecular weight is 455 g/mol. The number of hydrogen-bond acceptors (Lipinski definition) is 6. The first-order valence-electron chi connectivity index (χ1n) is 9.76. The molecule has 1 aliphatic rings. The smallest absolute Gasteiger partial charge is 0.410 e. The summed E-state index contributed by atoms with van der Waals surface area (Å²) in [6, 6.07) is 14.9. The molecule has 2 N–H and O–H groups in total. The minimum atomic E-state index is -2.95. The molecule has 166 valence electrons. The minimum absolute atomic E-state index is 0.277. The normalized spacial score (nSPS) is 14.2. The zero-order valence-corrected chi connectivity index (χ0v) is 18.2. The van der Waals surface area contributed by atoms with Crippen molar-refractivity contribution < 1.29 is 23.1 Å². The van der Waals surface area contributed by atoms with Crippen LogP contribution in [0.3, 0.4) is 0 Å². The molecule has 1 saturated carbocycles. The Balaban J connectivity index is 1.56. The second kappa shape index (κ2) is 8.08. The molecule has 1 fully saturated rings. The molecule has 11 heteroatoms. The van der Waals surface area contributed by atoms with Crippen molar-refractivity contribution in [3.63, 3.8) is 0 Å². The van der Waals surface area contributed by atoms with E-state index in [1.165, 1.54) is 11.7 Å². The van der Waals surface area contributed by atoms with E-state index in [0.717, 1.165) is 21.0 Å². The Kier molecular flexibility index (Phi) is 5.43. The molecule has 0 unspecified atom stereocenters. The summed E-state index contributed by atoms with van der Waals surface area (Å²) in [5.41, 5.74) is 3.02. The molecule has 1 heterocycles. The highest BCUT2D eigenvalue weighted by Crippen LogP contribution is 2.49. The van der Waals surface area contributed by atoms with Crippen molar-refractivity contribution in [1.29, 1.82) is 0 Å². The van der Waals surface area contributed by atoms with Crippen LogP contribution in [-0.4, -0.2) is 51.9 Å². The van der Waals surface area contributed by atoms with E-state index in [-0.39, 0.29) is 5.82 Å². The number of nitrogens with one attached hydrogen (secondary N) is 1. The molecule has 0 aliphatic heterocycles. The molecule has 2 amide bonds. The molecule has 0 saturated heterocycles. The van der Waals surface area contributed by atoms with E-state index in [1.54, 1.807) is 7.05 Å². The molecule has 0 spiro atoms. The summed E-state index contributed by atoms with van der Waals surface area (Å²) in [7, 11) is -0.0752. The molecular formula is C21H21N5O5S. The van der Waals surface area contributed by atoms with Gasteiger partial charge in [-0.25, -0.2) is 22.2 Å². The maximum absolute atomic E-state index is 12.6. The number of hydrogen-bond donors (Lipinski definition) is 3. The van der Waals surface area contributed by atoms with Gasteiger partial charge in [-0.15, -0.1) is 5.10 Å². The van der Waals surface area contributed by atoms with Crippen molar-refractivity contribution in [3.8, 4) is 22.4 Å². The number of aromatic nitrogens is 3. The molecule has 3 aromatic rings. The van der Waals surface area contributed by atoms with Gasteiger partial charge in [-0.05, 0) is 29.5 Å². The van der Waals surface area contributed by atoms with Crippen LogP contribution in [0.5, 0.6) is 0 Å². The van der Waals surface area contributed by atoms with Crippen LogP contribution in [0.1, 0.15) is 18.4 Å². The zero-order chi connectivity index (χ0) is 23.0. The number of nitrogens with zero attached hydrogens (tertiary/aromatic N) is 4. The van der Waals surface area contributed by atoms with E-state index in [0.29, 0.717) is 24.1 Å². The molecule has 0 atom stereocenters. The highest BCUT2D eigenvalue weighted by Gasteiger charge is 2.53. The lowest BCUT2D eigenvalue weighted by Gasteiger charge is -2.19. The van der Waals surface area contributed by atoms with Gasteiger partial charge in [0.25, 0.3) is 0 Å². The second-order valence-electron chi connectivity index (χ2n) is 7.64. The third-order valence-electron chi connectivity index (χ3n) is 5.68. The Bertz CT molecular complexity index is 1250. The number of benzene rings is 2. The summed E-state index contributed by atoms with van der Waals surface area (Å²) in [6.45, 7) is 0. The summed E-state index contributed by atoms with van der Waals surface area (Å²) >= 11 is 0. The highest BCUT2D eigenvalue weighted by molar-refractivity contribution is 7.70. The Morgan fingerprint density at radius 3 is 2.06 bits per heavy atom. The summed E-state index contributed by atoms with van der Waals surface area (Å²) < 4.78 is 24.5. The van der Waals surface area contributed by atoms with Crippen molar-refractivity contribution in [2.24, 2.45) is 7.05 Å². The monoisotopic (exact) mass is 455 g/mol. The molecule has 1 aromatic heterocycles. The molecule has 0 bridgehead atoms. The number of carbonyl (C=O) groups is 2. The first-order valence-corrected chi connectivity index (χ1v) is 10.9. The standard InChI is InChI=1S/C21H21N5O5S/c1-25-18(22-20(28)29)17(23-24-25)15-5-3-13(4-6-15)14-7-9-16(10-8-14)21(11-12-21)19(27)26(2)32(30)31/h3-10,22,32H,11-12H2,1-2H3,(H,28,29). The number of amides is 2. The summed E-state index contributed by atoms with van der Waals surface area (Å²) in [5, 5.41) is 19.2. The third-order valence-corrected chi connectivity index (χ3v) is 6.35. The van der Waals surface area contributed by atoms with Gasteiger partial charge in [0.15, 0.2) is 5.82 Å². The number of thiol groups is 1. The van der Waals surface area contributed by atoms with Gasteiger partial charge in [0.1, 0.15) is 5.69 Å². The molecule has 1 aliphatic carbocycles. The van der Waals surface area contributed by atoms with E-state index in [2.05, 4.69) is 15.6 Å². The van der Waals surface area contributed by atoms with E-state index in [1.807, 2.05) is 48.5 Å². The van der Waals surface area contributed by atoms with Gasteiger partial charge in [-0.1, -0.05) is 53.7 Å². The lowest BCUT2D eigenvalue weighted by atomic mass is 9.92. The maximum atomic E-state index is 12.6. The summed E-state index contributed by atoms with van der Waals surface area (Å²) in [5.74, 6) is -0.126. The van der Waals surface area contributed by atoms with Crippen LogP contribution in [0.15, 0.2) is 48.5 Å². The molecule has 0 radical (unpaired) electrons. The van der Waals surface area contributed by atoms with Crippen LogP contribution in [0.4, 0.5) is 10.6 Å². The van der Waals surface area contributed by atoms with Crippen LogP contribution in [0, 0.1) is 0 Å². The fourth-order valence-electron chi connectivity index (χ4n) is 3.73. The number of rotatable bonds is 6. The van der Waals surface area contributed by atoms with Crippen molar-refractivity contribution in [2.45, 2.75) is 18.3 Å². The van der Waals surface area contributed by atoms with Crippen LogP contribution in [0.25, 0.3) is 22.4 Å². The van der Waals surface area contributed by atoms with Crippen molar-refractivity contribution in [2.75, 3.05) is 12.4 Å². The number of carbonyl (C=O) groups excluding carboxylic acids is 1. The first kappa shape index (κ1) is 21.5. The third kappa shape index (κ3) is 3.82. The quantitative estimate of drug-likeness (QED) is 0.485. The predicted octanol–water partition coefficient (Wildman–Crippen LogP) is 2.26. The fourth-order valence-corrected chi connectivity index (χ4v) is 4.07. The van der Waals surface area contributed by atoms with Gasteiger partial charge in [0, 0.05) is 19.7 Å². The highest BCUT2D eigenvalue weighted by atomic mass is 32.2. The number of carboxylic acid groups (broad SMARTS) is 1. The SMILES string of the molecule is CN(C(=O)C1(c2ccc(-c3ccc(-c4nnn(C)c4NC(=O)O)cc3)cc2)CC1)[SH](=O)=O. The topological polar surface area (TPSA) is 134 Å². The van der Waals surface area contributed by atoms with Crippen molar-refractivity contribution >= 4 is 28.7 Å². The van der Waals surface area contributed by atoms with E-state index >= 15 is 0 Å². The lowest BCUT2D eigenvalue weighted by molar-refractivity contribution is -0.128. The zero-order valence-electron chi connectivity index (χ0n) is 17.3. The second-order valence-corrected chi connectivity index (χ2v) is 8.72. The summed E-state index contributed by atoms with van der Waals surface area (Å²) in [6.07, 6.45) is 0.0461. The molecular weight excluding hydrogens is 434 g/mol. The van der Waals surface area contributed by atoms with Crippen molar-refractivity contribution in [3.05, 3.63) is 54.1 Å². The fraction of sp³-hybridized carbons (Fsp3) is 0.238. The lowest BCUT2D eigenvalue weighted by Crippen LogP contribution is -2.35. The van der Waals surface area contributed by atoms with E-state index in [9.17, 15) is 18.0 Å². The Morgan fingerprint density at radius 1 is 1.03 bits per heavy atom. The van der Waals surface area contributed by atoms with Gasteiger partial charge >= 0.3 is 6.09 Å². The average Bonchev–Trinajstić information content (AvgIpc) is 3.52. The molecule has 32 heavy (non-hydrogen) atoms. The largest absolute Gasteiger partial charge is 0.465 e. The number of likely N-dealkylation sites (N-methyl/N-ethyl adjacent to an activating group) is 1.